The van der Waals surface area contributed by atoms with Gasteiger partial charge in [-0.15, -0.1) is 0 Å². The van der Waals surface area contributed by atoms with Crippen molar-refractivity contribution in [1.82, 2.24) is 4.90 Å². The first kappa shape index (κ1) is 13.9. The molecule has 1 fully saturated rings. The molecule has 1 aromatic rings. The largest absolute Gasteiger partial charge is 0.481 e. The summed E-state index contributed by atoms with van der Waals surface area (Å²) >= 11 is 0. The Morgan fingerprint density at radius 2 is 2.16 bits per heavy atom. The molecular weight excluding hydrogens is 240 g/mol. The van der Waals surface area contributed by atoms with Crippen molar-refractivity contribution in [1.29, 1.82) is 0 Å². The van der Waals surface area contributed by atoms with E-state index in [-0.39, 0.29) is 11.9 Å². The first-order valence-corrected chi connectivity index (χ1v) is 6.85. The third-order valence-electron chi connectivity index (χ3n) is 3.61. The number of hydrogen-bond acceptors (Lipinski definition) is 3. The minimum absolute atomic E-state index is 0.0357. The highest BCUT2D eigenvalue weighted by molar-refractivity contribution is 5.81. The van der Waals surface area contributed by atoms with E-state index in [0.717, 1.165) is 25.1 Å². The van der Waals surface area contributed by atoms with E-state index in [1.807, 2.05) is 36.1 Å². The zero-order valence-electron chi connectivity index (χ0n) is 11.6. The second-order valence-corrected chi connectivity index (χ2v) is 5.14. The van der Waals surface area contributed by atoms with Gasteiger partial charge >= 0.3 is 0 Å². The highest BCUT2D eigenvalue weighted by Crippen LogP contribution is 2.19. The van der Waals surface area contributed by atoms with Crippen LogP contribution in [0.5, 0.6) is 5.75 Å². The van der Waals surface area contributed by atoms with E-state index in [9.17, 15) is 4.79 Å². The molecule has 2 rings (SSSR count). The SMILES string of the molecule is Cc1ccc(O[C@H](C)C(=O)N2CCC[C@@H]2CN)cc1. The van der Waals surface area contributed by atoms with Crippen LogP contribution in [-0.4, -0.2) is 36.0 Å². The Morgan fingerprint density at radius 3 is 2.79 bits per heavy atom. The molecule has 0 unspecified atom stereocenters. The summed E-state index contributed by atoms with van der Waals surface area (Å²) in [5, 5.41) is 0. The van der Waals surface area contributed by atoms with E-state index in [1.165, 1.54) is 5.56 Å². The summed E-state index contributed by atoms with van der Waals surface area (Å²) in [7, 11) is 0. The van der Waals surface area contributed by atoms with Crippen molar-refractivity contribution in [3.8, 4) is 5.75 Å². The summed E-state index contributed by atoms with van der Waals surface area (Å²) in [6.07, 6.45) is 1.57. The van der Waals surface area contributed by atoms with Crippen LogP contribution in [0.1, 0.15) is 25.3 Å². The zero-order valence-corrected chi connectivity index (χ0v) is 11.6. The molecule has 1 aliphatic heterocycles. The number of benzene rings is 1. The number of aryl methyl sites for hydroxylation is 1. The second kappa shape index (κ2) is 6.06. The van der Waals surface area contributed by atoms with Crippen molar-refractivity contribution in [2.24, 2.45) is 5.73 Å². The Hall–Kier alpha value is -1.55. The highest BCUT2D eigenvalue weighted by Gasteiger charge is 2.31. The van der Waals surface area contributed by atoms with Crippen molar-refractivity contribution < 1.29 is 9.53 Å². The van der Waals surface area contributed by atoms with Crippen molar-refractivity contribution in [3.63, 3.8) is 0 Å². The van der Waals surface area contributed by atoms with Gasteiger partial charge < -0.3 is 15.4 Å². The summed E-state index contributed by atoms with van der Waals surface area (Å²) in [6.45, 7) is 5.15. The summed E-state index contributed by atoms with van der Waals surface area (Å²) in [5.74, 6) is 0.767. The van der Waals surface area contributed by atoms with Gasteiger partial charge in [-0.3, -0.25) is 4.79 Å². The summed E-state index contributed by atoms with van der Waals surface area (Å²) in [4.78, 5) is 14.2. The highest BCUT2D eigenvalue weighted by atomic mass is 16.5. The van der Waals surface area contributed by atoms with Gasteiger partial charge in [0.25, 0.3) is 5.91 Å². The molecule has 0 aromatic heterocycles. The molecule has 19 heavy (non-hydrogen) atoms. The van der Waals surface area contributed by atoms with E-state index in [1.54, 1.807) is 6.92 Å². The zero-order chi connectivity index (χ0) is 13.8. The molecule has 0 spiro atoms. The monoisotopic (exact) mass is 262 g/mol. The van der Waals surface area contributed by atoms with E-state index in [2.05, 4.69) is 0 Å². The smallest absolute Gasteiger partial charge is 0.263 e. The van der Waals surface area contributed by atoms with Crippen molar-refractivity contribution >= 4 is 5.91 Å². The number of amides is 1. The van der Waals surface area contributed by atoms with Crippen LogP contribution in [0, 0.1) is 6.92 Å². The van der Waals surface area contributed by atoms with Crippen LogP contribution < -0.4 is 10.5 Å². The topological polar surface area (TPSA) is 55.6 Å². The Balaban J connectivity index is 1.97. The Bertz CT molecular complexity index is 430. The second-order valence-electron chi connectivity index (χ2n) is 5.14. The molecule has 104 valence electrons. The fraction of sp³-hybridized carbons (Fsp3) is 0.533. The van der Waals surface area contributed by atoms with Crippen LogP contribution in [0.2, 0.25) is 0 Å². The van der Waals surface area contributed by atoms with Gasteiger partial charge in [0.2, 0.25) is 0 Å². The van der Waals surface area contributed by atoms with Gasteiger partial charge in [0, 0.05) is 19.1 Å². The molecule has 1 aliphatic rings. The summed E-state index contributed by atoms with van der Waals surface area (Å²) in [5.41, 5.74) is 6.87. The van der Waals surface area contributed by atoms with Crippen LogP contribution in [0.25, 0.3) is 0 Å². The lowest BCUT2D eigenvalue weighted by atomic mass is 10.2. The maximum absolute atomic E-state index is 12.3. The number of likely N-dealkylation sites (tertiary alicyclic amines) is 1. The van der Waals surface area contributed by atoms with Crippen LogP contribution in [0.15, 0.2) is 24.3 Å². The molecule has 4 nitrogen and oxygen atoms in total. The molecule has 1 heterocycles. The first-order valence-electron chi connectivity index (χ1n) is 6.85. The van der Waals surface area contributed by atoms with Crippen molar-refractivity contribution in [2.75, 3.05) is 13.1 Å². The van der Waals surface area contributed by atoms with Gasteiger partial charge in [-0.1, -0.05) is 17.7 Å². The predicted molar refractivity (Wildman–Crippen MR) is 75.1 cm³/mol. The number of nitrogens with two attached hydrogens (primary N) is 1. The van der Waals surface area contributed by atoms with Gasteiger partial charge in [-0.2, -0.15) is 0 Å². The molecule has 1 amide bonds. The number of ether oxygens (including phenoxy) is 1. The van der Waals surface area contributed by atoms with Gasteiger partial charge in [0.1, 0.15) is 5.75 Å². The fourth-order valence-electron chi connectivity index (χ4n) is 2.48. The molecule has 0 radical (unpaired) electrons. The van der Waals surface area contributed by atoms with Crippen LogP contribution in [-0.2, 0) is 4.79 Å². The number of nitrogens with zero attached hydrogens (tertiary/aromatic N) is 1. The molecule has 0 saturated carbocycles. The quantitative estimate of drug-likeness (QED) is 0.898. The average molecular weight is 262 g/mol. The Morgan fingerprint density at radius 1 is 1.47 bits per heavy atom. The lowest BCUT2D eigenvalue weighted by molar-refractivity contribution is -0.138. The number of hydrogen-bond donors (Lipinski definition) is 1. The van der Waals surface area contributed by atoms with Crippen LogP contribution >= 0.6 is 0 Å². The number of carbonyl (C=O) groups is 1. The number of carbonyl (C=O) groups excluding carboxylic acids is 1. The summed E-state index contributed by atoms with van der Waals surface area (Å²) < 4.78 is 5.70. The fourth-order valence-corrected chi connectivity index (χ4v) is 2.48. The minimum Gasteiger partial charge on any atom is -0.481 e. The molecule has 0 bridgehead atoms. The number of rotatable bonds is 4. The molecule has 1 saturated heterocycles. The third-order valence-corrected chi connectivity index (χ3v) is 3.61. The predicted octanol–water partition coefficient (Wildman–Crippen LogP) is 1.71. The molecule has 2 atom stereocenters. The van der Waals surface area contributed by atoms with Gasteiger partial charge in [-0.05, 0) is 38.8 Å². The summed E-state index contributed by atoms with van der Waals surface area (Å²) in [6, 6.07) is 7.92. The lowest BCUT2D eigenvalue weighted by Crippen LogP contribution is -2.45. The van der Waals surface area contributed by atoms with E-state index in [4.69, 9.17) is 10.5 Å². The van der Waals surface area contributed by atoms with Crippen molar-refractivity contribution in [3.05, 3.63) is 29.8 Å². The first-order chi connectivity index (χ1) is 9.11. The van der Waals surface area contributed by atoms with Gasteiger partial charge in [0.15, 0.2) is 6.10 Å². The van der Waals surface area contributed by atoms with Gasteiger partial charge in [-0.25, -0.2) is 0 Å². The lowest BCUT2D eigenvalue weighted by Gasteiger charge is -2.26. The Kier molecular flexibility index (Phi) is 4.43. The molecular formula is C15H22N2O2. The van der Waals surface area contributed by atoms with E-state index >= 15 is 0 Å². The van der Waals surface area contributed by atoms with Crippen molar-refractivity contribution in [2.45, 2.75) is 38.8 Å². The maximum atomic E-state index is 12.3. The molecule has 4 heteroatoms. The minimum atomic E-state index is -0.463. The van der Waals surface area contributed by atoms with Crippen LogP contribution in [0.4, 0.5) is 0 Å². The van der Waals surface area contributed by atoms with E-state index < -0.39 is 6.10 Å². The van der Waals surface area contributed by atoms with Gasteiger partial charge in [0.05, 0.1) is 0 Å². The Labute approximate surface area is 114 Å². The molecule has 2 N–H and O–H groups in total. The van der Waals surface area contributed by atoms with Crippen LogP contribution in [0.3, 0.4) is 0 Å². The normalized spacial score (nSPS) is 20.4. The third kappa shape index (κ3) is 3.26. The molecule has 1 aromatic carbocycles. The van der Waals surface area contributed by atoms with E-state index in [0.29, 0.717) is 6.54 Å². The average Bonchev–Trinajstić information content (AvgIpc) is 2.88. The maximum Gasteiger partial charge on any atom is 0.263 e. The molecule has 0 aliphatic carbocycles. The standard InChI is InChI=1S/C15H22N2O2/c1-11-5-7-14(8-6-11)19-12(2)15(18)17-9-3-4-13(17)10-16/h5-8,12-13H,3-4,9-10,16H2,1-2H3/t12-,13-/m1/s1.